The van der Waals surface area contributed by atoms with Crippen LogP contribution in [0.25, 0.3) is 0 Å². The van der Waals surface area contributed by atoms with Crippen molar-refractivity contribution in [1.29, 1.82) is 0 Å². The van der Waals surface area contributed by atoms with Crippen LogP contribution in [-0.4, -0.2) is 63.5 Å². The van der Waals surface area contributed by atoms with Gasteiger partial charge >= 0.3 is 5.97 Å². The average molecular weight is 419 g/mol. The third kappa shape index (κ3) is 5.19. The van der Waals surface area contributed by atoms with E-state index >= 15 is 0 Å². The topological polar surface area (TPSA) is 93.2 Å². The number of piperidine rings is 1. The number of sulfonamides is 1. The van der Waals surface area contributed by atoms with E-state index in [4.69, 9.17) is 21.2 Å². The summed E-state index contributed by atoms with van der Waals surface area (Å²) in [4.78, 5) is 30.5. The average Bonchev–Trinajstić information content (AvgIpc) is 2.65. The van der Waals surface area contributed by atoms with Gasteiger partial charge in [-0.25, -0.2) is 13.2 Å². The Hall–Kier alpha value is -1.68. The summed E-state index contributed by atoms with van der Waals surface area (Å²) < 4.78 is 30.4. The number of hydrogen-bond acceptors (Lipinski definition) is 6. The van der Waals surface area contributed by atoms with Gasteiger partial charge in [-0.15, -0.1) is 0 Å². The van der Waals surface area contributed by atoms with Crippen LogP contribution in [0.15, 0.2) is 23.1 Å². The summed E-state index contributed by atoms with van der Waals surface area (Å²) in [5, 5.41) is -0.0613. The van der Waals surface area contributed by atoms with Crippen LogP contribution in [0, 0.1) is 5.92 Å². The van der Waals surface area contributed by atoms with E-state index in [0.29, 0.717) is 23.5 Å². The van der Waals surface area contributed by atoms with Crippen LogP contribution in [0.5, 0.6) is 0 Å². The van der Waals surface area contributed by atoms with Gasteiger partial charge in [0, 0.05) is 20.1 Å². The summed E-state index contributed by atoms with van der Waals surface area (Å²) in [6, 6.07) is 3.72. The van der Waals surface area contributed by atoms with Crippen LogP contribution in [-0.2, 0) is 24.4 Å². The number of carbonyl (C=O) groups excluding carboxylic acids is 2. The summed E-state index contributed by atoms with van der Waals surface area (Å²) in [6.07, 6.45) is 1.99. The Labute approximate surface area is 164 Å². The highest BCUT2D eigenvalue weighted by Crippen LogP contribution is 2.25. The van der Waals surface area contributed by atoms with Gasteiger partial charge in [-0.05, 0) is 37.0 Å². The number of hydrogen-bond donors (Lipinski definition) is 0. The number of halogens is 1. The van der Waals surface area contributed by atoms with Gasteiger partial charge in [-0.2, -0.15) is 0 Å². The molecule has 1 aliphatic heterocycles. The number of likely N-dealkylation sites (tertiary alicyclic amines) is 1. The molecule has 2 rings (SSSR count). The van der Waals surface area contributed by atoms with Gasteiger partial charge in [-0.1, -0.05) is 23.0 Å². The zero-order valence-corrected chi connectivity index (χ0v) is 17.0. The minimum Gasteiger partial charge on any atom is -0.452 e. The van der Waals surface area contributed by atoms with E-state index < -0.39 is 22.6 Å². The lowest BCUT2D eigenvalue weighted by Gasteiger charge is -2.30. The first-order chi connectivity index (χ1) is 12.7. The predicted molar refractivity (Wildman–Crippen MR) is 98.7 cm³/mol. The largest absolute Gasteiger partial charge is 0.452 e. The molecule has 0 saturated carbocycles. The second-order valence-corrected chi connectivity index (χ2v) is 8.72. The fourth-order valence-corrected chi connectivity index (χ4v) is 4.26. The predicted octanol–water partition coefficient (Wildman–Crippen LogP) is 1.94. The van der Waals surface area contributed by atoms with Crippen molar-refractivity contribution in [3.63, 3.8) is 0 Å². The smallest absolute Gasteiger partial charge is 0.338 e. The molecular weight excluding hydrogens is 396 g/mol. The summed E-state index contributed by atoms with van der Waals surface area (Å²) in [5.41, 5.74) is -0.0257. The Kier molecular flexibility index (Phi) is 7.21. The van der Waals surface area contributed by atoms with Crippen LogP contribution < -0.4 is 0 Å². The van der Waals surface area contributed by atoms with Crippen molar-refractivity contribution < 1.29 is 27.6 Å². The van der Waals surface area contributed by atoms with Crippen LogP contribution in [0.2, 0.25) is 5.02 Å². The van der Waals surface area contributed by atoms with E-state index in [9.17, 15) is 18.0 Å². The SMILES string of the molecule is CON(C)S(=O)(=O)c1cc(C(=O)OCC(=O)N2CCC[C@H](C)C2)ccc1Cl. The summed E-state index contributed by atoms with van der Waals surface area (Å²) in [7, 11) is -1.64. The first-order valence-electron chi connectivity index (χ1n) is 8.44. The van der Waals surface area contributed by atoms with Gasteiger partial charge in [0.25, 0.3) is 15.9 Å². The van der Waals surface area contributed by atoms with Crippen LogP contribution in [0.3, 0.4) is 0 Å². The highest BCUT2D eigenvalue weighted by Gasteiger charge is 2.26. The van der Waals surface area contributed by atoms with Crippen molar-refractivity contribution in [3.05, 3.63) is 28.8 Å². The number of ether oxygens (including phenoxy) is 1. The van der Waals surface area contributed by atoms with Crippen molar-refractivity contribution in [2.24, 2.45) is 5.92 Å². The second kappa shape index (κ2) is 9.01. The van der Waals surface area contributed by atoms with E-state index in [-0.39, 0.29) is 21.4 Å². The molecule has 0 spiro atoms. The van der Waals surface area contributed by atoms with Crippen molar-refractivity contribution in [1.82, 2.24) is 9.37 Å². The molecule has 0 radical (unpaired) electrons. The maximum atomic E-state index is 12.4. The molecule has 10 heteroatoms. The highest BCUT2D eigenvalue weighted by atomic mass is 35.5. The Morgan fingerprint density at radius 1 is 1.37 bits per heavy atom. The highest BCUT2D eigenvalue weighted by molar-refractivity contribution is 7.89. The van der Waals surface area contributed by atoms with Gasteiger partial charge in [0.2, 0.25) is 0 Å². The molecular formula is C17H23ClN2O6S. The van der Waals surface area contributed by atoms with Crippen molar-refractivity contribution in [2.75, 3.05) is 33.9 Å². The quantitative estimate of drug-likeness (QED) is 0.517. The summed E-state index contributed by atoms with van der Waals surface area (Å²) in [6.45, 7) is 2.96. The number of rotatable bonds is 6. The Morgan fingerprint density at radius 2 is 2.07 bits per heavy atom. The molecule has 150 valence electrons. The molecule has 0 unspecified atom stereocenters. The lowest BCUT2D eigenvalue weighted by molar-refractivity contribution is -0.136. The molecule has 0 N–H and O–H groups in total. The van der Waals surface area contributed by atoms with Gasteiger partial charge in [0.1, 0.15) is 4.90 Å². The second-order valence-electron chi connectivity index (χ2n) is 6.41. The Morgan fingerprint density at radius 3 is 2.70 bits per heavy atom. The maximum Gasteiger partial charge on any atom is 0.338 e. The molecule has 1 fully saturated rings. The van der Waals surface area contributed by atoms with E-state index in [2.05, 4.69) is 6.92 Å². The molecule has 1 heterocycles. The molecule has 1 amide bonds. The van der Waals surface area contributed by atoms with E-state index in [1.165, 1.54) is 26.3 Å². The number of benzene rings is 1. The Balaban J connectivity index is 2.09. The summed E-state index contributed by atoms with van der Waals surface area (Å²) in [5.74, 6) is -0.655. The number of nitrogens with zero attached hydrogens (tertiary/aromatic N) is 2. The first-order valence-corrected chi connectivity index (χ1v) is 10.3. The normalized spacial score (nSPS) is 17.8. The lowest BCUT2D eigenvalue weighted by Crippen LogP contribution is -2.41. The maximum absolute atomic E-state index is 12.4. The minimum absolute atomic E-state index is 0.0257. The fourth-order valence-electron chi connectivity index (χ4n) is 2.78. The molecule has 0 bridgehead atoms. The molecule has 8 nitrogen and oxygen atoms in total. The lowest BCUT2D eigenvalue weighted by atomic mass is 10.0. The van der Waals surface area contributed by atoms with Crippen LogP contribution >= 0.6 is 11.6 Å². The molecule has 1 aliphatic rings. The van der Waals surface area contributed by atoms with Gasteiger partial charge < -0.3 is 9.64 Å². The molecule has 0 aromatic heterocycles. The zero-order chi connectivity index (χ0) is 20.2. The molecule has 1 aromatic rings. The molecule has 27 heavy (non-hydrogen) atoms. The monoisotopic (exact) mass is 418 g/mol. The van der Waals surface area contributed by atoms with E-state index in [1.54, 1.807) is 4.90 Å². The first kappa shape index (κ1) is 21.6. The Bertz CT molecular complexity index is 814. The van der Waals surface area contributed by atoms with Crippen molar-refractivity contribution in [2.45, 2.75) is 24.7 Å². The molecule has 1 saturated heterocycles. The number of amides is 1. The van der Waals surface area contributed by atoms with E-state index in [1.807, 2.05) is 0 Å². The number of esters is 1. The van der Waals surface area contributed by atoms with E-state index in [0.717, 1.165) is 18.9 Å². The van der Waals surface area contributed by atoms with Crippen molar-refractivity contribution in [3.8, 4) is 0 Å². The van der Waals surface area contributed by atoms with Gasteiger partial charge in [-0.3, -0.25) is 9.63 Å². The third-order valence-corrected chi connectivity index (χ3v) is 6.54. The summed E-state index contributed by atoms with van der Waals surface area (Å²) >= 11 is 5.95. The van der Waals surface area contributed by atoms with Gasteiger partial charge in [0.05, 0.1) is 17.7 Å². The van der Waals surface area contributed by atoms with Gasteiger partial charge in [0.15, 0.2) is 6.61 Å². The zero-order valence-electron chi connectivity index (χ0n) is 15.5. The van der Waals surface area contributed by atoms with Crippen molar-refractivity contribution >= 4 is 33.5 Å². The number of hydroxylamine groups is 1. The third-order valence-electron chi connectivity index (χ3n) is 4.38. The fraction of sp³-hybridized carbons (Fsp3) is 0.529. The minimum atomic E-state index is -4.03. The van der Waals surface area contributed by atoms with Crippen LogP contribution in [0.1, 0.15) is 30.1 Å². The van der Waals surface area contributed by atoms with Crippen LogP contribution in [0.4, 0.5) is 0 Å². The molecule has 1 atom stereocenters. The molecule has 1 aromatic carbocycles. The standard InChI is InChI=1S/C17H23ClN2O6S/c1-12-5-4-8-20(10-12)16(21)11-26-17(22)13-6-7-14(18)15(9-13)27(23,24)19(2)25-3/h6-7,9,12H,4-5,8,10-11H2,1-3H3/t12-/m0/s1. The number of carbonyl (C=O) groups is 2. The molecule has 0 aliphatic carbocycles.